The molecule has 0 bridgehead atoms. The number of esters is 1. The molecule has 1 amide bonds. The molecule has 2 aromatic carbocycles. The van der Waals surface area contributed by atoms with E-state index >= 15 is 0 Å². The predicted molar refractivity (Wildman–Crippen MR) is 125 cm³/mol. The average molecular weight is 466 g/mol. The predicted octanol–water partition coefficient (Wildman–Crippen LogP) is 4.32. The fourth-order valence-corrected chi connectivity index (χ4v) is 4.82. The molecular weight excluding hydrogens is 444 g/mol. The van der Waals surface area contributed by atoms with Crippen LogP contribution in [0.1, 0.15) is 17.3 Å². The number of nitrogens with zero attached hydrogens (tertiary/aromatic N) is 2. The first-order valence-electron chi connectivity index (χ1n) is 9.95. The van der Waals surface area contributed by atoms with Gasteiger partial charge in [-0.3, -0.25) is 4.79 Å². The highest BCUT2D eigenvalue weighted by Crippen LogP contribution is 2.36. The van der Waals surface area contributed by atoms with Gasteiger partial charge in [0.05, 0.1) is 12.4 Å². The van der Waals surface area contributed by atoms with E-state index < -0.39 is 5.97 Å². The molecule has 2 N–H and O–H groups in total. The van der Waals surface area contributed by atoms with Crippen LogP contribution in [0.2, 0.25) is 0 Å². The van der Waals surface area contributed by atoms with Gasteiger partial charge in [0.25, 0.3) is 0 Å². The number of anilines is 1. The van der Waals surface area contributed by atoms with Crippen molar-refractivity contribution in [3.05, 3.63) is 77.9 Å². The summed E-state index contributed by atoms with van der Waals surface area (Å²) in [4.78, 5) is 29.7. The summed E-state index contributed by atoms with van der Waals surface area (Å²) in [5.41, 5.74) is 2.93. The van der Waals surface area contributed by atoms with Gasteiger partial charge in [-0.05, 0) is 41.4 Å². The molecule has 0 saturated heterocycles. The highest BCUT2D eigenvalue weighted by Gasteiger charge is 2.24. The quantitative estimate of drug-likeness (QED) is 0.230. The van der Waals surface area contributed by atoms with Crippen LogP contribution in [-0.2, 0) is 9.53 Å². The monoisotopic (exact) mass is 465 g/mol. The van der Waals surface area contributed by atoms with E-state index in [0.29, 0.717) is 15.7 Å². The Morgan fingerprint density at radius 3 is 2.56 bits per heavy atom. The zero-order valence-electron chi connectivity index (χ0n) is 17.3. The number of aromatic nitrogens is 3. The van der Waals surface area contributed by atoms with Crippen LogP contribution in [-0.4, -0.2) is 34.3 Å². The lowest BCUT2D eigenvalue weighted by molar-refractivity contribution is -0.694. The number of thioether (sulfide) groups is 1. The van der Waals surface area contributed by atoms with Crippen molar-refractivity contribution in [3.63, 3.8) is 0 Å². The Balaban J connectivity index is 1.50. The first kappa shape index (κ1) is 21.8. The number of aromatic amines is 1. The molecule has 4 rings (SSSR count). The van der Waals surface area contributed by atoms with E-state index in [4.69, 9.17) is 4.74 Å². The van der Waals surface area contributed by atoms with Gasteiger partial charge in [0.1, 0.15) is 10.6 Å². The summed E-state index contributed by atoms with van der Waals surface area (Å²) < 4.78 is 7.05. The number of carbonyl (C=O) groups is 2. The second kappa shape index (κ2) is 10.3. The van der Waals surface area contributed by atoms with Crippen molar-refractivity contribution >= 4 is 40.0 Å². The number of amides is 1. The summed E-state index contributed by atoms with van der Waals surface area (Å²) in [6.45, 7) is 2.01. The minimum Gasteiger partial charge on any atom is -0.462 e. The topological polar surface area (TPSA) is 88.0 Å². The molecule has 0 unspecified atom stereocenters. The summed E-state index contributed by atoms with van der Waals surface area (Å²) in [6.07, 6.45) is 1.58. The number of hydrogen-bond acceptors (Lipinski definition) is 6. The van der Waals surface area contributed by atoms with Gasteiger partial charge in [-0.2, -0.15) is 5.10 Å². The van der Waals surface area contributed by atoms with Crippen molar-refractivity contribution in [2.45, 2.75) is 12.1 Å². The molecule has 2 aromatic heterocycles. The van der Waals surface area contributed by atoms with Gasteiger partial charge < -0.3 is 10.1 Å². The van der Waals surface area contributed by atoms with Gasteiger partial charge in [-0.25, -0.2) is 4.79 Å². The second-order valence-corrected chi connectivity index (χ2v) is 8.44. The van der Waals surface area contributed by atoms with Crippen LogP contribution in [0.25, 0.3) is 16.8 Å². The molecule has 0 fully saturated rings. The zero-order valence-corrected chi connectivity index (χ0v) is 18.9. The molecule has 0 atom stereocenters. The smallest absolute Gasteiger partial charge is 0.385 e. The zero-order chi connectivity index (χ0) is 22.3. The maximum Gasteiger partial charge on any atom is 0.385 e. The number of carbonyl (C=O) groups excluding carboxylic acids is 2. The number of para-hydroxylation sites is 1. The van der Waals surface area contributed by atoms with E-state index in [0.717, 1.165) is 16.8 Å². The van der Waals surface area contributed by atoms with Gasteiger partial charge in [0, 0.05) is 10.9 Å². The largest absolute Gasteiger partial charge is 0.462 e. The van der Waals surface area contributed by atoms with Crippen molar-refractivity contribution in [3.8, 4) is 16.8 Å². The SMILES string of the molecule is CCOC(=O)c1c(-c2ccccc2)csc1NC(=O)CSc1nc[nH][n+]1-c1ccccc1. The summed E-state index contributed by atoms with van der Waals surface area (Å²) >= 11 is 2.61. The Morgan fingerprint density at radius 2 is 1.84 bits per heavy atom. The third kappa shape index (κ3) is 4.90. The minimum atomic E-state index is -0.454. The van der Waals surface area contributed by atoms with Crippen molar-refractivity contribution in [2.24, 2.45) is 0 Å². The van der Waals surface area contributed by atoms with E-state index in [9.17, 15) is 9.59 Å². The lowest BCUT2D eigenvalue weighted by atomic mass is 10.0. The first-order valence-corrected chi connectivity index (χ1v) is 11.8. The molecular formula is C23H21N4O3S2+. The summed E-state index contributed by atoms with van der Waals surface area (Å²) in [5.74, 6) is -0.548. The van der Waals surface area contributed by atoms with Crippen molar-refractivity contribution in [2.75, 3.05) is 17.7 Å². The molecule has 0 aliphatic rings. The number of thiophene rings is 1. The summed E-state index contributed by atoms with van der Waals surface area (Å²) in [6, 6.07) is 19.3. The molecule has 0 radical (unpaired) electrons. The maximum absolute atomic E-state index is 12.7. The van der Waals surface area contributed by atoms with Crippen molar-refractivity contribution < 1.29 is 19.0 Å². The highest BCUT2D eigenvalue weighted by atomic mass is 32.2. The number of rotatable bonds is 8. The Bertz CT molecular complexity index is 1210. The van der Waals surface area contributed by atoms with Gasteiger partial charge in [-0.15, -0.1) is 16.0 Å². The molecule has 32 heavy (non-hydrogen) atoms. The van der Waals surface area contributed by atoms with Crippen LogP contribution in [0.15, 0.2) is 77.5 Å². The minimum absolute atomic E-state index is 0.137. The van der Waals surface area contributed by atoms with Gasteiger partial charge in [-0.1, -0.05) is 48.5 Å². The number of nitrogens with one attached hydrogen (secondary N) is 2. The highest BCUT2D eigenvalue weighted by molar-refractivity contribution is 7.99. The molecule has 4 aromatic rings. The van der Waals surface area contributed by atoms with E-state index in [-0.39, 0.29) is 18.3 Å². The molecule has 0 saturated carbocycles. The van der Waals surface area contributed by atoms with Crippen LogP contribution >= 0.6 is 23.1 Å². The average Bonchev–Trinajstić information content (AvgIpc) is 3.46. The standard InChI is InChI=1S/C23H20N4O3S2/c1-2-30-22(29)20-18(16-9-5-3-6-10-16)13-31-21(20)26-19(28)14-32-23-24-15-25-27(23)17-11-7-4-8-12-17/h3-13,15H,2,14H2,1H3,(H,26,28,29)/p+1. The van der Waals surface area contributed by atoms with E-state index in [1.165, 1.54) is 23.1 Å². The fourth-order valence-electron chi connectivity index (χ4n) is 3.10. The lowest BCUT2D eigenvalue weighted by Crippen LogP contribution is -2.35. The normalized spacial score (nSPS) is 10.7. The maximum atomic E-state index is 12.7. The summed E-state index contributed by atoms with van der Waals surface area (Å²) in [5, 5.41) is 8.92. The van der Waals surface area contributed by atoms with Gasteiger partial charge >= 0.3 is 11.1 Å². The van der Waals surface area contributed by atoms with Gasteiger partial charge in [0.15, 0.2) is 5.69 Å². The Morgan fingerprint density at radius 1 is 1.12 bits per heavy atom. The van der Waals surface area contributed by atoms with Gasteiger partial charge in [0.2, 0.25) is 12.2 Å². The Labute approximate surface area is 193 Å². The molecule has 0 spiro atoms. The molecule has 0 aliphatic heterocycles. The van der Waals surface area contributed by atoms with Crippen molar-refractivity contribution in [1.82, 2.24) is 10.1 Å². The fraction of sp³-hybridized carbons (Fsp3) is 0.130. The third-order valence-electron chi connectivity index (χ3n) is 4.51. The molecule has 9 heteroatoms. The molecule has 0 aliphatic carbocycles. The number of benzene rings is 2. The molecule has 162 valence electrons. The number of ether oxygens (including phenoxy) is 1. The number of H-pyrrole nitrogens is 1. The molecule has 2 heterocycles. The van der Waals surface area contributed by atoms with Crippen LogP contribution in [0, 0.1) is 0 Å². The van der Waals surface area contributed by atoms with Crippen LogP contribution in [0.4, 0.5) is 5.00 Å². The third-order valence-corrected chi connectivity index (χ3v) is 6.36. The van der Waals surface area contributed by atoms with Crippen molar-refractivity contribution in [1.29, 1.82) is 0 Å². The summed E-state index contributed by atoms with van der Waals surface area (Å²) in [7, 11) is 0. The van der Waals surface area contributed by atoms with Crippen LogP contribution < -0.4 is 10.00 Å². The van der Waals surface area contributed by atoms with Crippen LogP contribution in [0.5, 0.6) is 0 Å². The van der Waals surface area contributed by atoms with E-state index in [1.807, 2.05) is 66.0 Å². The Hall–Kier alpha value is -3.43. The van der Waals surface area contributed by atoms with E-state index in [1.54, 1.807) is 17.9 Å². The van der Waals surface area contributed by atoms with Crippen LogP contribution in [0.3, 0.4) is 0 Å². The Kier molecular flexibility index (Phi) is 6.98. The second-order valence-electron chi connectivity index (χ2n) is 6.62. The lowest BCUT2D eigenvalue weighted by Gasteiger charge is -2.08. The van der Waals surface area contributed by atoms with E-state index in [2.05, 4.69) is 15.4 Å². The first-order chi connectivity index (χ1) is 15.7. The number of hydrogen-bond donors (Lipinski definition) is 2. The molecule has 7 nitrogen and oxygen atoms in total.